The highest BCUT2D eigenvalue weighted by Crippen LogP contribution is 2.15. The van der Waals surface area contributed by atoms with Crippen molar-refractivity contribution in [3.8, 4) is 0 Å². The molecule has 3 aromatic rings. The summed E-state index contributed by atoms with van der Waals surface area (Å²) in [5.41, 5.74) is 2.43. The van der Waals surface area contributed by atoms with E-state index in [4.69, 9.17) is 4.42 Å². The Labute approximate surface area is 269 Å². The van der Waals surface area contributed by atoms with Gasteiger partial charge in [-0.2, -0.15) is 0 Å². The quantitative estimate of drug-likeness (QED) is 0.319. The largest absolute Gasteiger partial charge is 0.472 e. The number of hydrogen-bond acceptors (Lipinski definition) is 6. The Kier molecular flexibility index (Phi) is 12.1. The molecule has 2 aromatic carbocycles. The maximum atomic E-state index is 13.7. The molecule has 244 valence electrons. The number of fused-ring (bicyclic) bond motifs is 18. The number of hydrogen-bond donors (Lipinski definition) is 4. The normalized spacial score (nSPS) is 20.7. The number of amides is 5. The molecule has 2 aliphatic heterocycles. The minimum Gasteiger partial charge on any atom is -0.472 e. The van der Waals surface area contributed by atoms with Crippen molar-refractivity contribution in [3.05, 3.63) is 95.4 Å². The highest BCUT2D eigenvalue weighted by molar-refractivity contribution is 5.99. The average molecular weight is 630 g/mol. The van der Waals surface area contributed by atoms with Crippen molar-refractivity contribution >= 4 is 29.5 Å². The van der Waals surface area contributed by atoms with Crippen LogP contribution in [-0.4, -0.2) is 65.7 Å². The molecule has 0 spiro atoms. The van der Waals surface area contributed by atoms with Gasteiger partial charge >= 0.3 is 0 Å². The van der Waals surface area contributed by atoms with Crippen LogP contribution in [-0.2, 0) is 27.3 Å². The van der Waals surface area contributed by atoms with Crippen LogP contribution in [0.15, 0.2) is 77.6 Å². The molecule has 3 heterocycles. The predicted octanol–water partition coefficient (Wildman–Crippen LogP) is 3.21. The van der Waals surface area contributed by atoms with E-state index < -0.39 is 35.8 Å². The van der Waals surface area contributed by atoms with Gasteiger partial charge in [-0.05, 0) is 61.4 Å². The minimum absolute atomic E-state index is 0.0651. The maximum Gasteiger partial charge on any atom is 0.257 e. The van der Waals surface area contributed by atoms with E-state index in [-0.39, 0.29) is 24.2 Å². The zero-order valence-corrected chi connectivity index (χ0v) is 26.6. The zero-order valence-electron chi connectivity index (χ0n) is 26.6. The van der Waals surface area contributed by atoms with E-state index in [1.807, 2.05) is 44.2 Å². The molecule has 0 unspecified atom stereocenters. The van der Waals surface area contributed by atoms with Crippen LogP contribution in [0.4, 0.5) is 0 Å². The third-order valence-electron chi connectivity index (χ3n) is 7.80. The molecule has 11 heteroatoms. The molecule has 0 fully saturated rings. The van der Waals surface area contributed by atoms with Gasteiger partial charge < -0.3 is 30.6 Å². The first-order valence-electron chi connectivity index (χ1n) is 15.7. The summed E-state index contributed by atoms with van der Waals surface area (Å²) in [6, 6.07) is 15.1. The standard InChI is InChI=1S/C35H43N5O6/c1-23(2)19-29-33(43)37-24(3)31(41)36-16-7-8-17-40(35(45)28-15-18-46-22-28)21-26-11-13-27(14-12-26)32(42)38-30(34(44)39-29)20-25-9-5-4-6-10-25/h4-6,9-15,18,22-24,29-30H,7-8,16-17,19-21H2,1-3H3,(H,36,41)(H,37,43)(H,38,42)(H,39,44)/t24-,29+,30-/m1/s1. The van der Waals surface area contributed by atoms with Crippen molar-refractivity contribution in [1.82, 2.24) is 26.2 Å². The van der Waals surface area contributed by atoms with Crippen LogP contribution < -0.4 is 21.3 Å². The fraction of sp³-hybridized carbons (Fsp3) is 0.400. The lowest BCUT2D eigenvalue weighted by Gasteiger charge is -2.25. The molecule has 0 aliphatic carbocycles. The number of benzene rings is 2. The van der Waals surface area contributed by atoms with Gasteiger partial charge in [0.2, 0.25) is 17.7 Å². The molecule has 0 saturated carbocycles. The van der Waals surface area contributed by atoms with Crippen LogP contribution in [0, 0.1) is 5.92 Å². The van der Waals surface area contributed by atoms with Crippen LogP contribution in [0.25, 0.3) is 0 Å². The van der Waals surface area contributed by atoms with Gasteiger partial charge in [0.25, 0.3) is 11.8 Å². The number of nitrogens with one attached hydrogen (secondary N) is 4. The van der Waals surface area contributed by atoms with Crippen molar-refractivity contribution < 1.29 is 28.4 Å². The average Bonchev–Trinajstić information content (AvgIpc) is 3.58. The SMILES string of the molecule is CC(C)C[C@@H]1NC(=O)[C@@H](Cc2ccccc2)NC(=O)c2ccc(cc2)CN(C(=O)c2ccoc2)CCCCNC(=O)[C@@H](C)NC1=O. The lowest BCUT2D eigenvalue weighted by atomic mass is 10.0. The number of nitrogens with zero attached hydrogens (tertiary/aromatic N) is 1. The van der Waals surface area contributed by atoms with Crippen molar-refractivity contribution in [1.29, 1.82) is 0 Å². The molecular formula is C35H43N5O6. The van der Waals surface area contributed by atoms with E-state index in [1.54, 1.807) is 42.2 Å². The van der Waals surface area contributed by atoms with Crippen LogP contribution in [0.1, 0.15) is 71.9 Å². The van der Waals surface area contributed by atoms with Gasteiger partial charge in [0, 0.05) is 31.6 Å². The summed E-state index contributed by atoms with van der Waals surface area (Å²) < 4.78 is 5.12. The van der Waals surface area contributed by atoms with E-state index in [9.17, 15) is 24.0 Å². The maximum absolute atomic E-state index is 13.7. The Morgan fingerprint density at radius 2 is 1.59 bits per heavy atom. The molecular weight excluding hydrogens is 586 g/mol. The summed E-state index contributed by atoms with van der Waals surface area (Å²) in [6.45, 7) is 6.56. The lowest BCUT2D eigenvalue weighted by Crippen LogP contribution is -2.57. The number of furan rings is 1. The van der Waals surface area contributed by atoms with Gasteiger partial charge in [-0.3, -0.25) is 24.0 Å². The van der Waals surface area contributed by atoms with E-state index in [1.165, 1.54) is 12.5 Å². The van der Waals surface area contributed by atoms with Crippen molar-refractivity contribution in [2.45, 2.75) is 71.1 Å². The second kappa shape index (κ2) is 16.4. The number of carbonyl (C=O) groups excluding carboxylic acids is 5. The Morgan fingerprint density at radius 3 is 2.26 bits per heavy atom. The van der Waals surface area contributed by atoms with Gasteiger partial charge in [0.1, 0.15) is 24.4 Å². The zero-order chi connectivity index (χ0) is 33.1. The molecule has 0 radical (unpaired) electrons. The van der Waals surface area contributed by atoms with Crippen molar-refractivity contribution in [2.24, 2.45) is 5.92 Å². The summed E-state index contributed by atoms with van der Waals surface area (Å²) in [6.07, 6.45) is 4.62. The first-order valence-corrected chi connectivity index (χ1v) is 15.7. The van der Waals surface area contributed by atoms with Crippen LogP contribution in [0.3, 0.4) is 0 Å². The summed E-state index contributed by atoms with van der Waals surface area (Å²) in [5.74, 6) is -1.92. The lowest BCUT2D eigenvalue weighted by molar-refractivity contribution is -0.132. The van der Waals surface area contributed by atoms with Gasteiger partial charge in [0.05, 0.1) is 11.8 Å². The van der Waals surface area contributed by atoms with Crippen LogP contribution in [0.5, 0.6) is 0 Å². The van der Waals surface area contributed by atoms with Crippen LogP contribution in [0.2, 0.25) is 0 Å². The first kappa shape index (κ1) is 34.0. The predicted molar refractivity (Wildman–Crippen MR) is 173 cm³/mol. The highest BCUT2D eigenvalue weighted by atomic mass is 16.3. The third kappa shape index (κ3) is 9.79. The molecule has 1 aromatic heterocycles. The summed E-state index contributed by atoms with van der Waals surface area (Å²) in [7, 11) is 0. The number of rotatable bonds is 5. The molecule has 5 amide bonds. The molecule has 3 atom stereocenters. The Bertz CT molecular complexity index is 1470. The van der Waals surface area contributed by atoms with E-state index >= 15 is 0 Å². The summed E-state index contributed by atoms with van der Waals surface area (Å²) >= 11 is 0. The molecule has 11 nitrogen and oxygen atoms in total. The molecule has 2 aliphatic rings. The van der Waals surface area contributed by atoms with Crippen LogP contribution >= 0.6 is 0 Å². The Balaban J connectivity index is 1.61. The summed E-state index contributed by atoms with van der Waals surface area (Å²) in [5, 5.41) is 11.3. The van der Waals surface area contributed by atoms with E-state index in [2.05, 4.69) is 21.3 Å². The molecule has 46 heavy (non-hydrogen) atoms. The topological polar surface area (TPSA) is 150 Å². The fourth-order valence-electron chi connectivity index (χ4n) is 5.25. The minimum atomic E-state index is -0.977. The highest BCUT2D eigenvalue weighted by Gasteiger charge is 2.29. The Morgan fingerprint density at radius 1 is 0.870 bits per heavy atom. The van der Waals surface area contributed by atoms with E-state index in [0.717, 1.165) is 11.1 Å². The van der Waals surface area contributed by atoms with E-state index in [0.29, 0.717) is 50.0 Å². The second-order valence-electron chi connectivity index (χ2n) is 12.1. The molecule has 0 saturated heterocycles. The van der Waals surface area contributed by atoms with Gasteiger partial charge in [-0.1, -0.05) is 56.3 Å². The fourth-order valence-corrected chi connectivity index (χ4v) is 5.25. The third-order valence-corrected chi connectivity index (χ3v) is 7.80. The monoisotopic (exact) mass is 629 g/mol. The van der Waals surface area contributed by atoms with Gasteiger partial charge in [0.15, 0.2) is 0 Å². The molecule has 2 bridgehead atoms. The molecule has 5 rings (SSSR count). The van der Waals surface area contributed by atoms with Gasteiger partial charge in [-0.15, -0.1) is 0 Å². The smallest absolute Gasteiger partial charge is 0.257 e. The van der Waals surface area contributed by atoms with Crippen molar-refractivity contribution in [2.75, 3.05) is 13.1 Å². The van der Waals surface area contributed by atoms with Crippen molar-refractivity contribution in [3.63, 3.8) is 0 Å². The molecule has 4 N–H and O–H groups in total. The Hall–Kier alpha value is -4.93. The van der Waals surface area contributed by atoms with Gasteiger partial charge in [-0.25, -0.2) is 0 Å². The first-order chi connectivity index (χ1) is 22.1. The number of carbonyl (C=O) groups is 5. The summed E-state index contributed by atoms with van der Waals surface area (Å²) in [4.78, 5) is 68.2. The second-order valence-corrected chi connectivity index (χ2v) is 12.1.